The number of hydrogen-bond acceptors (Lipinski definition) is 8. The second kappa shape index (κ2) is 11.5. The first kappa shape index (κ1) is 28.0. The Labute approximate surface area is 237 Å². The second-order valence-corrected chi connectivity index (χ2v) is 12.1. The lowest BCUT2D eigenvalue weighted by atomic mass is 9.91. The molecule has 9 nitrogen and oxygen atoms in total. The second-order valence-electron chi connectivity index (χ2n) is 9.99. The van der Waals surface area contributed by atoms with Crippen LogP contribution in [0.15, 0.2) is 59.6 Å². The molecular weight excluding hydrogens is 555 g/mol. The van der Waals surface area contributed by atoms with Crippen molar-refractivity contribution in [2.24, 2.45) is 0 Å². The van der Waals surface area contributed by atoms with Gasteiger partial charge in [-0.3, -0.25) is 4.72 Å². The lowest BCUT2D eigenvalue weighted by Gasteiger charge is -2.32. The summed E-state index contributed by atoms with van der Waals surface area (Å²) in [4.78, 5) is 15.4. The zero-order valence-corrected chi connectivity index (χ0v) is 23.9. The van der Waals surface area contributed by atoms with Crippen LogP contribution in [0.2, 0.25) is 5.02 Å². The van der Waals surface area contributed by atoms with Crippen LogP contribution >= 0.6 is 11.6 Å². The highest BCUT2D eigenvalue weighted by atomic mass is 35.5. The van der Waals surface area contributed by atoms with Gasteiger partial charge in [0.05, 0.1) is 17.6 Å². The van der Waals surface area contributed by atoms with Crippen molar-refractivity contribution in [2.45, 2.75) is 42.7 Å². The summed E-state index contributed by atoms with van der Waals surface area (Å²) in [6, 6.07) is 13.4. The maximum Gasteiger partial charge on any atom is 0.264 e. The molecule has 1 aliphatic rings. The molecule has 0 atom stereocenters. The Balaban J connectivity index is 1.37. The molecule has 0 radical (unpaired) electrons. The summed E-state index contributed by atoms with van der Waals surface area (Å²) >= 11 is 6.03. The molecule has 40 heavy (non-hydrogen) atoms. The summed E-state index contributed by atoms with van der Waals surface area (Å²) in [5, 5.41) is 4.22. The van der Waals surface area contributed by atoms with Crippen molar-refractivity contribution in [2.75, 3.05) is 31.2 Å². The van der Waals surface area contributed by atoms with Crippen LogP contribution in [-0.4, -0.2) is 61.6 Å². The number of anilines is 2. The average molecular weight is 585 g/mol. The molecule has 1 fully saturated rings. The van der Waals surface area contributed by atoms with E-state index in [9.17, 15) is 8.42 Å². The van der Waals surface area contributed by atoms with Crippen molar-refractivity contribution < 1.29 is 17.5 Å². The smallest absolute Gasteiger partial charge is 0.264 e. The number of hydrogen-bond donors (Lipinski definition) is 2. The molecule has 2 N–H and O–H groups in total. The Kier molecular flexibility index (Phi) is 8.07. The van der Waals surface area contributed by atoms with Crippen molar-refractivity contribution in [3.63, 3.8) is 0 Å². The predicted molar refractivity (Wildman–Crippen MR) is 155 cm³/mol. The third-order valence-corrected chi connectivity index (χ3v) is 8.98. The number of pyridine rings is 1. The maximum atomic E-state index is 15.1. The largest absolute Gasteiger partial charge is 0.480 e. The lowest BCUT2D eigenvalue weighted by molar-refractivity contribution is 0.221. The first-order valence-electron chi connectivity index (χ1n) is 12.9. The fourth-order valence-corrected chi connectivity index (χ4v) is 6.47. The van der Waals surface area contributed by atoms with Crippen LogP contribution in [0.5, 0.6) is 5.88 Å². The van der Waals surface area contributed by atoms with E-state index in [0.29, 0.717) is 29.2 Å². The highest BCUT2D eigenvalue weighted by Gasteiger charge is 2.24. The molecule has 0 aliphatic heterocycles. The van der Waals surface area contributed by atoms with Gasteiger partial charge in [0.1, 0.15) is 4.90 Å². The summed E-state index contributed by atoms with van der Waals surface area (Å²) in [6.45, 7) is 0. The van der Waals surface area contributed by atoms with E-state index in [1.54, 1.807) is 18.3 Å². The molecule has 1 aliphatic carbocycles. The highest BCUT2D eigenvalue weighted by molar-refractivity contribution is 7.92. The van der Waals surface area contributed by atoms with E-state index in [1.165, 1.54) is 31.4 Å². The number of rotatable bonds is 8. The SMILES string of the molecule is COc1nc(NS(=O)(=O)c2ccccc2Cl)c(F)cc1-c1ccc2nc(N[C@H]3CC[C@H](N(C)C)CC3)ncc2c1. The van der Waals surface area contributed by atoms with E-state index in [-0.39, 0.29) is 15.8 Å². The summed E-state index contributed by atoms with van der Waals surface area (Å²) < 4.78 is 48.3. The zero-order valence-electron chi connectivity index (χ0n) is 22.4. The van der Waals surface area contributed by atoms with Gasteiger partial charge in [-0.05, 0) is 75.7 Å². The Bertz CT molecular complexity index is 1640. The number of nitrogens with zero attached hydrogens (tertiary/aromatic N) is 4. The predicted octanol–water partition coefficient (Wildman–Crippen LogP) is 5.58. The number of aromatic nitrogens is 3. The molecule has 5 rings (SSSR count). The van der Waals surface area contributed by atoms with Gasteiger partial charge in [0.2, 0.25) is 11.8 Å². The van der Waals surface area contributed by atoms with Crippen LogP contribution in [0.4, 0.5) is 16.2 Å². The first-order chi connectivity index (χ1) is 19.1. The van der Waals surface area contributed by atoms with Gasteiger partial charge in [0.25, 0.3) is 10.0 Å². The van der Waals surface area contributed by atoms with E-state index < -0.39 is 21.7 Å². The number of ether oxygens (including phenoxy) is 1. The Morgan fingerprint density at radius 1 is 1.05 bits per heavy atom. The van der Waals surface area contributed by atoms with Crippen LogP contribution in [0.1, 0.15) is 25.7 Å². The minimum absolute atomic E-state index is 0.00689. The maximum absolute atomic E-state index is 15.1. The van der Waals surface area contributed by atoms with Crippen molar-refractivity contribution in [3.05, 3.63) is 65.6 Å². The van der Waals surface area contributed by atoms with Gasteiger partial charge in [0, 0.05) is 29.2 Å². The number of methoxy groups -OCH3 is 1. The lowest BCUT2D eigenvalue weighted by Crippen LogP contribution is -2.36. The van der Waals surface area contributed by atoms with E-state index in [1.807, 2.05) is 12.1 Å². The molecule has 2 aromatic carbocycles. The third-order valence-electron chi connectivity index (χ3n) is 7.14. The minimum atomic E-state index is -4.18. The molecule has 1 saturated carbocycles. The van der Waals surface area contributed by atoms with Crippen molar-refractivity contribution in [1.29, 1.82) is 0 Å². The molecule has 210 valence electrons. The molecular formula is C28H30ClFN6O3S. The molecule has 0 amide bonds. The third kappa shape index (κ3) is 5.96. The molecule has 4 aromatic rings. The van der Waals surface area contributed by atoms with Gasteiger partial charge in [-0.1, -0.05) is 29.8 Å². The monoisotopic (exact) mass is 584 g/mol. The fraction of sp³-hybridized carbons (Fsp3) is 0.321. The number of nitrogens with one attached hydrogen (secondary N) is 2. The summed E-state index contributed by atoms with van der Waals surface area (Å²) in [5.74, 6) is -0.745. The standard InChI is InChI=1S/C28H30ClFN6O3S/c1-36(2)20-11-9-19(10-12-20)32-28-31-16-18-14-17(8-13-24(18)33-28)21-15-23(30)26(34-27(21)39-3)35-40(37,38)25-7-5-4-6-22(25)29/h4-8,13-16,19-20H,9-12H2,1-3H3,(H,34,35)(H,31,32,33)/t19-,20-. The van der Waals surface area contributed by atoms with Crippen molar-refractivity contribution >= 4 is 44.3 Å². The van der Waals surface area contributed by atoms with Gasteiger partial charge in [-0.25, -0.2) is 22.8 Å². The zero-order chi connectivity index (χ0) is 28.4. The molecule has 2 heterocycles. The molecule has 0 saturated heterocycles. The van der Waals surface area contributed by atoms with Crippen LogP contribution in [-0.2, 0) is 10.0 Å². The van der Waals surface area contributed by atoms with Gasteiger partial charge >= 0.3 is 0 Å². The summed E-state index contributed by atoms with van der Waals surface area (Å²) in [5.41, 5.74) is 1.70. The van der Waals surface area contributed by atoms with E-state index >= 15 is 4.39 Å². The Morgan fingerprint density at radius 2 is 1.80 bits per heavy atom. The highest BCUT2D eigenvalue weighted by Crippen LogP contribution is 2.34. The molecule has 0 spiro atoms. The van der Waals surface area contributed by atoms with Crippen LogP contribution in [0, 0.1) is 5.82 Å². The summed E-state index contributed by atoms with van der Waals surface area (Å²) in [6.07, 6.45) is 6.11. The van der Waals surface area contributed by atoms with Crippen molar-refractivity contribution in [3.8, 4) is 17.0 Å². The quantitative estimate of drug-likeness (QED) is 0.276. The first-order valence-corrected chi connectivity index (χ1v) is 14.7. The Morgan fingerprint density at radius 3 is 2.50 bits per heavy atom. The molecule has 0 bridgehead atoms. The van der Waals surface area contributed by atoms with Crippen molar-refractivity contribution in [1.82, 2.24) is 19.9 Å². The summed E-state index contributed by atoms with van der Waals surface area (Å²) in [7, 11) is 1.44. The number of fused-ring (bicyclic) bond motifs is 1. The van der Waals surface area contributed by atoms with Crippen LogP contribution in [0.3, 0.4) is 0 Å². The normalized spacial score (nSPS) is 17.6. The van der Waals surface area contributed by atoms with Crippen LogP contribution < -0.4 is 14.8 Å². The average Bonchev–Trinajstić information content (AvgIpc) is 2.94. The molecule has 12 heteroatoms. The van der Waals surface area contributed by atoms with Gasteiger partial charge in [0.15, 0.2) is 11.6 Å². The fourth-order valence-electron chi connectivity index (χ4n) is 4.94. The topological polar surface area (TPSA) is 109 Å². The number of benzene rings is 2. The van der Waals surface area contributed by atoms with E-state index in [0.717, 1.165) is 36.6 Å². The number of halogens is 2. The van der Waals surface area contributed by atoms with Gasteiger partial charge < -0.3 is 15.0 Å². The number of sulfonamides is 1. The van der Waals surface area contributed by atoms with Gasteiger partial charge in [-0.2, -0.15) is 4.98 Å². The Hall–Kier alpha value is -3.54. The van der Waals surface area contributed by atoms with Gasteiger partial charge in [-0.15, -0.1) is 0 Å². The minimum Gasteiger partial charge on any atom is -0.480 e. The van der Waals surface area contributed by atoms with E-state index in [2.05, 4.69) is 44.0 Å². The molecule has 0 unspecified atom stereocenters. The molecule has 2 aromatic heterocycles. The van der Waals surface area contributed by atoms with E-state index in [4.69, 9.17) is 16.3 Å². The van der Waals surface area contributed by atoms with Crippen LogP contribution in [0.25, 0.3) is 22.0 Å².